The van der Waals surface area contributed by atoms with Gasteiger partial charge in [0, 0.05) is 25.0 Å². The molecule has 3 heteroatoms. The number of amides is 1. The maximum atomic E-state index is 12.0. The maximum Gasteiger partial charge on any atom is 0.224 e. The lowest BCUT2D eigenvalue weighted by atomic mass is 9.75. The van der Waals surface area contributed by atoms with E-state index in [0.717, 1.165) is 31.8 Å². The van der Waals surface area contributed by atoms with Crippen molar-refractivity contribution in [2.75, 3.05) is 13.1 Å². The number of hydrogen-bond donors (Lipinski definition) is 1. The molecule has 3 nitrogen and oxygen atoms in total. The summed E-state index contributed by atoms with van der Waals surface area (Å²) >= 11 is 0. The van der Waals surface area contributed by atoms with Gasteiger partial charge < -0.3 is 10.6 Å². The first-order chi connectivity index (χ1) is 7.59. The summed E-state index contributed by atoms with van der Waals surface area (Å²) in [5.74, 6) is 0.947. The molecule has 0 aromatic carbocycles. The van der Waals surface area contributed by atoms with E-state index in [-0.39, 0.29) is 5.91 Å². The van der Waals surface area contributed by atoms with Gasteiger partial charge in [0.15, 0.2) is 0 Å². The van der Waals surface area contributed by atoms with Crippen LogP contribution in [-0.4, -0.2) is 29.4 Å². The SMILES string of the molecule is CC(C)(N)CC(=O)N1CCC(C(C)(C)C)CC1. The first-order valence-electron chi connectivity index (χ1n) is 6.66. The molecule has 1 fully saturated rings. The van der Waals surface area contributed by atoms with Crippen molar-refractivity contribution in [1.82, 2.24) is 4.90 Å². The van der Waals surface area contributed by atoms with Crippen molar-refractivity contribution in [2.24, 2.45) is 17.1 Å². The highest BCUT2D eigenvalue weighted by Gasteiger charge is 2.31. The van der Waals surface area contributed by atoms with Crippen LogP contribution in [0.4, 0.5) is 0 Å². The van der Waals surface area contributed by atoms with Crippen molar-refractivity contribution in [2.45, 2.75) is 59.4 Å². The summed E-state index contributed by atoms with van der Waals surface area (Å²) in [6, 6.07) is 0. The molecular weight excluding hydrogens is 212 g/mol. The zero-order valence-corrected chi connectivity index (χ0v) is 12.0. The average molecular weight is 240 g/mol. The molecule has 0 bridgehead atoms. The quantitative estimate of drug-likeness (QED) is 0.805. The molecule has 2 N–H and O–H groups in total. The van der Waals surface area contributed by atoms with Gasteiger partial charge in [-0.2, -0.15) is 0 Å². The molecule has 0 spiro atoms. The van der Waals surface area contributed by atoms with Crippen molar-refractivity contribution >= 4 is 5.91 Å². The molecule has 1 aliphatic heterocycles. The van der Waals surface area contributed by atoms with E-state index in [1.54, 1.807) is 0 Å². The van der Waals surface area contributed by atoms with Gasteiger partial charge in [-0.3, -0.25) is 4.79 Å². The fourth-order valence-corrected chi connectivity index (χ4v) is 2.50. The summed E-state index contributed by atoms with van der Waals surface area (Å²) in [6.45, 7) is 12.5. The Balaban J connectivity index is 2.45. The largest absolute Gasteiger partial charge is 0.343 e. The van der Waals surface area contributed by atoms with Crippen LogP contribution in [0, 0.1) is 11.3 Å². The van der Waals surface area contributed by atoms with Gasteiger partial charge in [-0.05, 0) is 38.0 Å². The van der Waals surface area contributed by atoms with Crippen molar-refractivity contribution < 1.29 is 4.79 Å². The number of carbonyl (C=O) groups excluding carboxylic acids is 1. The smallest absolute Gasteiger partial charge is 0.224 e. The van der Waals surface area contributed by atoms with E-state index in [2.05, 4.69) is 20.8 Å². The summed E-state index contributed by atoms with van der Waals surface area (Å²) in [7, 11) is 0. The first-order valence-corrected chi connectivity index (χ1v) is 6.66. The Morgan fingerprint density at radius 1 is 1.18 bits per heavy atom. The Morgan fingerprint density at radius 2 is 1.65 bits per heavy atom. The Hall–Kier alpha value is -0.570. The van der Waals surface area contributed by atoms with Crippen molar-refractivity contribution in [3.05, 3.63) is 0 Å². The molecular formula is C14H28N2O. The molecule has 17 heavy (non-hydrogen) atoms. The molecule has 0 saturated carbocycles. The van der Waals surface area contributed by atoms with Crippen LogP contribution in [0.2, 0.25) is 0 Å². The van der Waals surface area contributed by atoms with Gasteiger partial charge in [-0.15, -0.1) is 0 Å². The molecule has 1 amide bonds. The van der Waals surface area contributed by atoms with Gasteiger partial charge in [0.05, 0.1) is 0 Å². The minimum atomic E-state index is -0.391. The third-order valence-corrected chi connectivity index (χ3v) is 3.68. The van der Waals surface area contributed by atoms with Crippen molar-refractivity contribution in [1.29, 1.82) is 0 Å². The number of hydrogen-bond acceptors (Lipinski definition) is 2. The van der Waals surface area contributed by atoms with E-state index in [1.165, 1.54) is 0 Å². The number of piperidine rings is 1. The van der Waals surface area contributed by atoms with Crippen LogP contribution < -0.4 is 5.73 Å². The number of nitrogens with two attached hydrogens (primary N) is 1. The molecule has 0 unspecified atom stereocenters. The minimum absolute atomic E-state index is 0.213. The summed E-state index contributed by atoms with van der Waals surface area (Å²) in [5.41, 5.74) is 5.86. The Labute approximate surface area is 106 Å². The Morgan fingerprint density at radius 3 is 2.00 bits per heavy atom. The summed E-state index contributed by atoms with van der Waals surface area (Å²) in [5, 5.41) is 0. The van der Waals surface area contributed by atoms with Crippen LogP contribution in [0.15, 0.2) is 0 Å². The second-order valence-electron chi connectivity index (χ2n) is 7.19. The average Bonchev–Trinajstić information content (AvgIpc) is 2.14. The lowest BCUT2D eigenvalue weighted by Gasteiger charge is -2.39. The highest BCUT2D eigenvalue weighted by molar-refractivity contribution is 5.77. The van der Waals surface area contributed by atoms with Crippen LogP contribution in [0.25, 0.3) is 0 Å². The molecule has 1 saturated heterocycles. The molecule has 0 aliphatic carbocycles. The summed E-state index contributed by atoms with van der Waals surface area (Å²) in [4.78, 5) is 14.0. The topological polar surface area (TPSA) is 46.3 Å². The van der Waals surface area contributed by atoms with Gasteiger partial charge in [-0.25, -0.2) is 0 Å². The van der Waals surface area contributed by atoms with Gasteiger partial charge in [0.2, 0.25) is 5.91 Å². The molecule has 0 aromatic rings. The molecule has 0 radical (unpaired) electrons. The first kappa shape index (κ1) is 14.5. The summed E-state index contributed by atoms with van der Waals surface area (Å²) in [6.07, 6.45) is 2.70. The van der Waals surface area contributed by atoms with Crippen LogP contribution in [-0.2, 0) is 4.79 Å². The van der Waals surface area contributed by atoms with Crippen LogP contribution in [0.1, 0.15) is 53.9 Å². The molecule has 1 heterocycles. The fraction of sp³-hybridized carbons (Fsp3) is 0.929. The van der Waals surface area contributed by atoms with E-state index < -0.39 is 5.54 Å². The number of likely N-dealkylation sites (tertiary alicyclic amines) is 1. The Bertz CT molecular complexity index is 265. The third-order valence-electron chi connectivity index (χ3n) is 3.68. The second kappa shape index (κ2) is 4.97. The monoisotopic (exact) mass is 240 g/mol. The van der Waals surface area contributed by atoms with Crippen LogP contribution >= 0.6 is 0 Å². The molecule has 0 atom stereocenters. The maximum absolute atomic E-state index is 12.0. The molecule has 1 rings (SSSR count). The van der Waals surface area contributed by atoms with E-state index >= 15 is 0 Å². The molecule has 0 aromatic heterocycles. The van der Waals surface area contributed by atoms with Gasteiger partial charge in [-0.1, -0.05) is 20.8 Å². The minimum Gasteiger partial charge on any atom is -0.343 e. The van der Waals surface area contributed by atoms with Gasteiger partial charge in [0.1, 0.15) is 0 Å². The van der Waals surface area contributed by atoms with E-state index in [0.29, 0.717) is 11.8 Å². The standard InChI is InChI=1S/C14H28N2O/c1-13(2,3)11-6-8-16(9-7-11)12(17)10-14(4,5)15/h11H,6-10,15H2,1-5H3. The van der Waals surface area contributed by atoms with Gasteiger partial charge in [0.25, 0.3) is 0 Å². The predicted octanol–water partition coefficient (Wildman–Crippen LogP) is 2.40. The van der Waals surface area contributed by atoms with Gasteiger partial charge >= 0.3 is 0 Å². The highest BCUT2D eigenvalue weighted by atomic mass is 16.2. The molecule has 1 aliphatic rings. The fourth-order valence-electron chi connectivity index (χ4n) is 2.50. The number of carbonyl (C=O) groups is 1. The zero-order valence-electron chi connectivity index (χ0n) is 12.0. The van der Waals surface area contributed by atoms with Crippen molar-refractivity contribution in [3.63, 3.8) is 0 Å². The second-order valence-corrected chi connectivity index (χ2v) is 7.19. The normalized spacial score (nSPS) is 19.5. The third kappa shape index (κ3) is 4.66. The highest BCUT2D eigenvalue weighted by Crippen LogP contribution is 2.34. The number of nitrogens with zero attached hydrogens (tertiary/aromatic N) is 1. The van der Waals surface area contributed by atoms with Crippen LogP contribution in [0.5, 0.6) is 0 Å². The predicted molar refractivity (Wildman–Crippen MR) is 71.6 cm³/mol. The van der Waals surface area contributed by atoms with Crippen molar-refractivity contribution in [3.8, 4) is 0 Å². The lowest BCUT2D eigenvalue weighted by Crippen LogP contribution is -2.45. The summed E-state index contributed by atoms with van der Waals surface area (Å²) < 4.78 is 0. The van der Waals surface area contributed by atoms with E-state index in [4.69, 9.17) is 5.73 Å². The number of rotatable bonds is 2. The van der Waals surface area contributed by atoms with E-state index in [1.807, 2.05) is 18.7 Å². The van der Waals surface area contributed by atoms with E-state index in [9.17, 15) is 4.79 Å². The molecule has 100 valence electrons. The lowest BCUT2D eigenvalue weighted by molar-refractivity contribution is -0.134. The van der Waals surface area contributed by atoms with Crippen LogP contribution in [0.3, 0.4) is 0 Å². The Kier molecular flexibility index (Phi) is 4.23. The zero-order chi connectivity index (χ0) is 13.3.